The van der Waals surface area contributed by atoms with E-state index in [1.165, 1.54) is 38.5 Å². The zero-order valence-electron chi connectivity index (χ0n) is 10.1. The summed E-state index contributed by atoms with van der Waals surface area (Å²) in [6.07, 6.45) is 8.06. The van der Waals surface area contributed by atoms with Gasteiger partial charge in [0.2, 0.25) is 0 Å². The van der Waals surface area contributed by atoms with Crippen LogP contribution in [0.2, 0.25) is 0 Å². The van der Waals surface area contributed by atoms with Crippen molar-refractivity contribution in [1.29, 1.82) is 0 Å². The van der Waals surface area contributed by atoms with E-state index in [2.05, 4.69) is 0 Å². The zero-order valence-corrected chi connectivity index (χ0v) is 11.0. The SMILES string of the molecule is COP(OC)OC12CC3CC(CC(C3)C1)C2. The smallest absolute Gasteiger partial charge is 0.316 e. The molecule has 4 heteroatoms. The van der Waals surface area contributed by atoms with Crippen molar-refractivity contribution >= 4 is 8.60 Å². The van der Waals surface area contributed by atoms with Gasteiger partial charge in [-0.3, -0.25) is 0 Å². The van der Waals surface area contributed by atoms with E-state index in [0.717, 1.165) is 17.8 Å². The van der Waals surface area contributed by atoms with Gasteiger partial charge in [0.1, 0.15) is 0 Å². The Morgan fingerprint density at radius 3 is 1.69 bits per heavy atom. The maximum Gasteiger partial charge on any atom is 0.332 e. The molecule has 0 aromatic heterocycles. The molecule has 0 aromatic carbocycles. The zero-order chi connectivity index (χ0) is 11.2. The molecule has 4 bridgehead atoms. The second-order valence-corrected chi connectivity index (χ2v) is 7.14. The molecule has 4 rings (SSSR count). The summed E-state index contributed by atoms with van der Waals surface area (Å²) in [6.45, 7) is 0. The maximum atomic E-state index is 6.17. The molecule has 4 fully saturated rings. The molecular weight excluding hydrogens is 223 g/mol. The van der Waals surface area contributed by atoms with Crippen molar-refractivity contribution in [3.8, 4) is 0 Å². The van der Waals surface area contributed by atoms with Crippen molar-refractivity contribution in [2.45, 2.75) is 44.1 Å². The van der Waals surface area contributed by atoms with E-state index in [1.54, 1.807) is 14.2 Å². The molecule has 0 radical (unpaired) electrons. The Morgan fingerprint density at radius 1 is 0.875 bits per heavy atom. The fourth-order valence-electron chi connectivity index (χ4n) is 4.45. The second kappa shape index (κ2) is 4.20. The predicted octanol–water partition coefficient (Wildman–Crippen LogP) is 3.49. The largest absolute Gasteiger partial charge is 0.332 e. The average Bonchev–Trinajstić information content (AvgIpc) is 2.24. The van der Waals surface area contributed by atoms with Crippen LogP contribution in [0.1, 0.15) is 38.5 Å². The van der Waals surface area contributed by atoms with Gasteiger partial charge in [0.05, 0.1) is 5.60 Å². The third-order valence-electron chi connectivity index (χ3n) is 4.55. The summed E-state index contributed by atoms with van der Waals surface area (Å²) in [4.78, 5) is 0. The van der Waals surface area contributed by atoms with Crippen LogP contribution in [0, 0.1) is 17.8 Å². The highest BCUT2D eigenvalue weighted by Gasteiger charge is 2.53. The molecule has 0 spiro atoms. The average molecular weight is 244 g/mol. The molecule has 0 aromatic rings. The minimum absolute atomic E-state index is 0.104. The highest BCUT2D eigenvalue weighted by atomic mass is 31.2. The Balaban J connectivity index is 1.73. The number of rotatable bonds is 4. The first-order valence-corrected chi connectivity index (χ1v) is 7.40. The molecule has 4 saturated carbocycles. The summed E-state index contributed by atoms with van der Waals surface area (Å²) in [5.74, 6) is 2.74. The van der Waals surface area contributed by atoms with Crippen molar-refractivity contribution in [2.24, 2.45) is 17.8 Å². The van der Waals surface area contributed by atoms with Gasteiger partial charge in [-0.1, -0.05) is 0 Å². The molecule has 16 heavy (non-hydrogen) atoms. The monoisotopic (exact) mass is 244 g/mol. The van der Waals surface area contributed by atoms with Gasteiger partial charge >= 0.3 is 8.60 Å². The van der Waals surface area contributed by atoms with E-state index in [-0.39, 0.29) is 5.60 Å². The fraction of sp³-hybridized carbons (Fsp3) is 1.00. The Hall–Kier alpha value is 0.310. The lowest BCUT2D eigenvalue weighted by Crippen LogP contribution is -2.51. The Labute approximate surface area is 98.8 Å². The van der Waals surface area contributed by atoms with Crippen molar-refractivity contribution in [3.05, 3.63) is 0 Å². The third kappa shape index (κ3) is 1.92. The molecule has 0 aliphatic heterocycles. The van der Waals surface area contributed by atoms with E-state index in [4.69, 9.17) is 13.6 Å². The lowest BCUT2D eigenvalue weighted by Gasteiger charge is -2.56. The number of hydrogen-bond acceptors (Lipinski definition) is 3. The van der Waals surface area contributed by atoms with Crippen LogP contribution >= 0.6 is 8.60 Å². The summed E-state index contributed by atoms with van der Waals surface area (Å²) in [6, 6.07) is 0. The van der Waals surface area contributed by atoms with Crippen LogP contribution in [0.4, 0.5) is 0 Å². The topological polar surface area (TPSA) is 27.7 Å². The van der Waals surface area contributed by atoms with Crippen molar-refractivity contribution in [3.63, 3.8) is 0 Å². The van der Waals surface area contributed by atoms with Crippen LogP contribution < -0.4 is 0 Å². The summed E-state index contributed by atoms with van der Waals surface area (Å²) >= 11 is 0. The van der Waals surface area contributed by atoms with Crippen molar-refractivity contribution in [2.75, 3.05) is 14.2 Å². The summed E-state index contributed by atoms with van der Waals surface area (Å²) in [5, 5.41) is 0. The molecule has 0 saturated heterocycles. The fourth-order valence-corrected chi connectivity index (χ4v) is 5.29. The molecule has 0 heterocycles. The van der Waals surface area contributed by atoms with Crippen LogP contribution in [0.25, 0.3) is 0 Å². The number of hydrogen-bond donors (Lipinski definition) is 0. The van der Waals surface area contributed by atoms with Gasteiger partial charge in [-0.25, -0.2) is 0 Å². The molecule has 3 nitrogen and oxygen atoms in total. The lowest BCUT2D eigenvalue weighted by atomic mass is 9.54. The predicted molar refractivity (Wildman–Crippen MR) is 62.9 cm³/mol. The van der Waals surface area contributed by atoms with Crippen LogP contribution in [0.15, 0.2) is 0 Å². The maximum absolute atomic E-state index is 6.17. The van der Waals surface area contributed by atoms with E-state index in [9.17, 15) is 0 Å². The van der Waals surface area contributed by atoms with E-state index in [1.807, 2.05) is 0 Å². The molecule has 0 unspecified atom stereocenters. The summed E-state index contributed by atoms with van der Waals surface area (Å²) in [7, 11) is 2.24. The van der Waals surface area contributed by atoms with Crippen LogP contribution in [-0.2, 0) is 13.6 Å². The minimum atomic E-state index is -1.12. The first-order valence-electron chi connectivity index (χ1n) is 6.30. The van der Waals surface area contributed by atoms with Crippen LogP contribution in [0.5, 0.6) is 0 Å². The van der Waals surface area contributed by atoms with Crippen LogP contribution in [-0.4, -0.2) is 19.8 Å². The van der Waals surface area contributed by atoms with Gasteiger partial charge in [-0.2, -0.15) is 0 Å². The van der Waals surface area contributed by atoms with Crippen molar-refractivity contribution in [1.82, 2.24) is 0 Å². The quantitative estimate of drug-likeness (QED) is 0.708. The Bertz CT molecular complexity index is 230. The second-order valence-electron chi connectivity index (χ2n) is 5.78. The first-order chi connectivity index (χ1) is 7.73. The molecule has 4 aliphatic carbocycles. The van der Waals surface area contributed by atoms with Crippen molar-refractivity contribution < 1.29 is 13.6 Å². The summed E-state index contributed by atoms with van der Waals surface area (Å²) < 4.78 is 16.7. The van der Waals surface area contributed by atoms with Crippen LogP contribution in [0.3, 0.4) is 0 Å². The van der Waals surface area contributed by atoms with Gasteiger partial charge in [-0.05, 0) is 56.3 Å². The lowest BCUT2D eigenvalue weighted by molar-refractivity contribution is -0.113. The first kappa shape index (κ1) is 11.4. The normalized spacial score (nSPS) is 45.6. The molecule has 0 amide bonds. The Morgan fingerprint density at radius 2 is 1.31 bits per heavy atom. The molecular formula is C12H21O3P. The standard InChI is InChI=1S/C12H21O3P/c1-13-16(14-2)15-12-6-9-3-10(7-12)5-11(4-9)8-12/h9-11H,3-8H2,1-2H3. The summed E-state index contributed by atoms with van der Waals surface area (Å²) in [5.41, 5.74) is 0.104. The van der Waals surface area contributed by atoms with Gasteiger partial charge in [0.15, 0.2) is 0 Å². The molecule has 0 atom stereocenters. The van der Waals surface area contributed by atoms with E-state index >= 15 is 0 Å². The van der Waals surface area contributed by atoms with E-state index < -0.39 is 8.60 Å². The van der Waals surface area contributed by atoms with Gasteiger partial charge in [0.25, 0.3) is 0 Å². The molecule has 4 aliphatic rings. The minimum Gasteiger partial charge on any atom is -0.316 e. The highest BCUT2D eigenvalue weighted by Crippen LogP contribution is 2.60. The van der Waals surface area contributed by atoms with Gasteiger partial charge < -0.3 is 13.6 Å². The van der Waals surface area contributed by atoms with Gasteiger partial charge in [0, 0.05) is 14.2 Å². The van der Waals surface area contributed by atoms with Gasteiger partial charge in [-0.15, -0.1) is 0 Å². The third-order valence-corrected chi connectivity index (χ3v) is 5.68. The Kier molecular flexibility index (Phi) is 3.00. The molecule has 0 N–H and O–H groups in total. The van der Waals surface area contributed by atoms with E-state index in [0.29, 0.717) is 0 Å². The molecule has 92 valence electrons. The highest BCUT2D eigenvalue weighted by molar-refractivity contribution is 7.41.